The Hall–Kier alpha value is -3.48. The Kier molecular flexibility index (Phi) is 5.48. The number of nitrogens with zero attached hydrogens (tertiary/aromatic N) is 3. The van der Waals surface area contributed by atoms with Crippen molar-refractivity contribution < 1.29 is 4.74 Å². The number of rotatable bonds is 6. The van der Waals surface area contributed by atoms with Gasteiger partial charge >= 0.3 is 0 Å². The summed E-state index contributed by atoms with van der Waals surface area (Å²) in [5.74, 6) is 1.36. The molecule has 2 heterocycles. The van der Waals surface area contributed by atoms with Gasteiger partial charge in [0.2, 0.25) is 5.82 Å². The molecule has 0 atom stereocenters. The van der Waals surface area contributed by atoms with Crippen molar-refractivity contribution in [2.45, 2.75) is 6.61 Å². The predicted octanol–water partition coefficient (Wildman–Crippen LogP) is 6.49. The van der Waals surface area contributed by atoms with E-state index in [-0.39, 0.29) is 0 Å². The van der Waals surface area contributed by atoms with Crippen molar-refractivity contribution in [3.05, 3.63) is 94.8 Å². The molecule has 0 amide bonds. The van der Waals surface area contributed by atoms with Crippen molar-refractivity contribution in [3.8, 4) is 38.7 Å². The third-order valence-electron chi connectivity index (χ3n) is 4.86. The van der Waals surface area contributed by atoms with E-state index in [0.29, 0.717) is 17.5 Å². The van der Waals surface area contributed by atoms with Crippen molar-refractivity contribution in [2.75, 3.05) is 0 Å². The second kappa shape index (κ2) is 8.71. The first-order valence-electron chi connectivity index (χ1n) is 9.66. The number of tetrazole rings is 1. The summed E-state index contributed by atoms with van der Waals surface area (Å²) in [5.41, 5.74) is 5.12. The molecule has 0 fully saturated rings. The number of hydrogen-bond donors (Lipinski definition) is 1. The Balaban J connectivity index is 1.52. The molecule has 0 saturated carbocycles. The molecular weight excluding hydrogens is 428 g/mol. The summed E-state index contributed by atoms with van der Waals surface area (Å²) in [4.78, 5) is 1.12. The van der Waals surface area contributed by atoms with Crippen LogP contribution in [0.25, 0.3) is 33.0 Å². The average Bonchev–Trinajstić information content (AvgIpc) is 3.51. The normalized spacial score (nSPS) is 10.9. The number of aromatic amines is 1. The van der Waals surface area contributed by atoms with Gasteiger partial charge in [-0.25, -0.2) is 0 Å². The SMILES string of the molecule is Clc1ccc(OCc2ccccc2)c(-c2ccsc2-c2cccc(-c3nn[nH]n3)c2)c1. The van der Waals surface area contributed by atoms with Gasteiger partial charge in [-0.1, -0.05) is 60.1 Å². The molecule has 152 valence electrons. The summed E-state index contributed by atoms with van der Waals surface area (Å²) in [6.07, 6.45) is 0. The van der Waals surface area contributed by atoms with Crippen LogP contribution in [0.2, 0.25) is 5.02 Å². The molecule has 0 bridgehead atoms. The van der Waals surface area contributed by atoms with Crippen molar-refractivity contribution in [1.29, 1.82) is 0 Å². The maximum absolute atomic E-state index is 6.36. The van der Waals surface area contributed by atoms with Gasteiger partial charge in [0.1, 0.15) is 12.4 Å². The zero-order valence-corrected chi connectivity index (χ0v) is 17.9. The monoisotopic (exact) mass is 444 g/mol. The van der Waals surface area contributed by atoms with Crippen LogP contribution >= 0.6 is 22.9 Å². The van der Waals surface area contributed by atoms with Crippen LogP contribution in [-0.4, -0.2) is 20.6 Å². The Bertz CT molecular complexity index is 1300. The lowest BCUT2D eigenvalue weighted by atomic mass is 10.0. The van der Waals surface area contributed by atoms with Crippen LogP contribution in [-0.2, 0) is 6.61 Å². The molecule has 0 unspecified atom stereocenters. The van der Waals surface area contributed by atoms with Crippen LogP contribution in [0, 0.1) is 0 Å². The molecule has 1 N–H and O–H groups in total. The molecule has 31 heavy (non-hydrogen) atoms. The van der Waals surface area contributed by atoms with Crippen molar-refractivity contribution in [3.63, 3.8) is 0 Å². The molecule has 5 rings (SSSR count). The van der Waals surface area contributed by atoms with Gasteiger partial charge in [0.05, 0.1) is 0 Å². The Morgan fingerprint density at radius 3 is 2.58 bits per heavy atom. The lowest BCUT2D eigenvalue weighted by molar-refractivity contribution is 0.307. The fourth-order valence-electron chi connectivity index (χ4n) is 3.40. The molecule has 5 nitrogen and oxygen atoms in total. The van der Waals surface area contributed by atoms with Gasteiger partial charge in [-0.05, 0) is 52.1 Å². The molecule has 5 aromatic rings. The summed E-state index contributed by atoms with van der Waals surface area (Å²) in [6, 6.07) is 26.1. The van der Waals surface area contributed by atoms with E-state index in [1.807, 2.05) is 48.5 Å². The van der Waals surface area contributed by atoms with Gasteiger partial charge in [0, 0.05) is 26.6 Å². The zero-order chi connectivity index (χ0) is 21.0. The summed E-state index contributed by atoms with van der Waals surface area (Å²) in [6.45, 7) is 0.488. The van der Waals surface area contributed by atoms with Gasteiger partial charge in [-0.15, -0.1) is 21.5 Å². The summed E-state index contributed by atoms with van der Waals surface area (Å²) >= 11 is 8.03. The highest BCUT2D eigenvalue weighted by molar-refractivity contribution is 7.14. The largest absolute Gasteiger partial charge is 0.488 e. The smallest absolute Gasteiger partial charge is 0.204 e. The number of halogens is 1. The standard InChI is InChI=1S/C24H17ClN4OS/c25-19-9-10-22(30-15-16-5-2-1-3-6-16)21(14-19)20-11-12-31-23(20)17-7-4-8-18(13-17)24-26-28-29-27-24/h1-14H,15H2,(H,26,27,28,29). The number of nitrogens with one attached hydrogen (secondary N) is 1. The first-order valence-corrected chi connectivity index (χ1v) is 10.9. The molecular formula is C24H17ClN4OS. The first kappa shape index (κ1) is 19.5. The van der Waals surface area contributed by atoms with Gasteiger partial charge < -0.3 is 4.74 Å². The third-order valence-corrected chi connectivity index (χ3v) is 6.06. The summed E-state index contributed by atoms with van der Waals surface area (Å²) < 4.78 is 6.19. The quantitative estimate of drug-likeness (QED) is 0.325. The van der Waals surface area contributed by atoms with Crippen LogP contribution in [0.4, 0.5) is 0 Å². The lowest BCUT2D eigenvalue weighted by Gasteiger charge is -2.13. The average molecular weight is 445 g/mol. The molecule has 0 aliphatic rings. The van der Waals surface area contributed by atoms with Gasteiger partial charge in [0.25, 0.3) is 0 Å². The van der Waals surface area contributed by atoms with Crippen molar-refractivity contribution in [1.82, 2.24) is 20.6 Å². The van der Waals surface area contributed by atoms with E-state index in [1.165, 1.54) is 0 Å². The first-order chi connectivity index (χ1) is 15.3. The number of ether oxygens (including phenoxy) is 1. The Labute approximate surface area is 188 Å². The van der Waals surface area contributed by atoms with E-state index in [4.69, 9.17) is 16.3 Å². The second-order valence-electron chi connectivity index (χ2n) is 6.89. The highest BCUT2D eigenvalue weighted by atomic mass is 35.5. The van der Waals surface area contributed by atoms with E-state index in [2.05, 4.69) is 56.3 Å². The Morgan fingerprint density at radius 1 is 0.871 bits per heavy atom. The van der Waals surface area contributed by atoms with E-state index >= 15 is 0 Å². The number of aromatic nitrogens is 4. The highest BCUT2D eigenvalue weighted by Crippen LogP contribution is 2.42. The van der Waals surface area contributed by atoms with Crippen LogP contribution < -0.4 is 4.74 Å². The van der Waals surface area contributed by atoms with Crippen molar-refractivity contribution in [2.24, 2.45) is 0 Å². The fraction of sp³-hybridized carbons (Fsp3) is 0.0417. The van der Waals surface area contributed by atoms with E-state index in [9.17, 15) is 0 Å². The summed E-state index contributed by atoms with van der Waals surface area (Å²) in [7, 11) is 0. The minimum Gasteiger partial charge on any atom is -0.488 e. The maximum atomic E-state index is 6.36. The minimum absolute atomic E-state index is 0.488. The van der Waals surface area contributed by atoms with Gasteiger partial charge in [-0.3, -0.25) is 0 Å². The predicted molar refractivity (Wildman–Crippen MR) is 124 cm³/mol. The number of thiophene rings is 1. The van der Waals surface area contributed by atoms with Gasteiger partial charge in [0.15, 0.2) is 0 Å². The second-order valence-corrected chi connectivity index (χ2v) is 8.25. The molecule has 0 aliphatic carbocycles. The van der Waals surface area contributed by atoms with Crippen LogP contribution in [0.3, 0.4) is 0 Å². The third kappa shape index (κ3) is 4.21. The molecule has 0 radical (unpaired) electrons. The highest BCUT2D eigenvalue weighted by Gasteiger charge is 2.16. The zero-order valence-electron chi connectivity index (χ0n) is 16.3. The molecule has 7 heteroatoms. The van der Waals surface area contributed by atoms with Crippen LogP contribution in [0.15, 0.2) is 84.2 Å². The molecule has 3 aromatic carbocycles. The maximum Gasteiger partial charge on any atom is 0.204 e. The fourth-order valence-corrected chi connectivity index (χ4v) is 4.48. The van der Waals surface area contributed by atoms with E-state index < -0.39 is 0 Å². The minimum atomic E-state index is 0.488. The number of H-pyrrole nitrogens is 1. The molecule has 0 aliphatic heterocycles. The van der Waals surface area contributed by atoms with Gasteiger partial charge in [-0.2, -0.15) is 5.21 Å². The number of hydrogen-bond acceptors (Lipinski definition) is 5. The lowest BCUT2D eigenvalue weighted by Crippen LogP contribution is -1.97. The van der Waals surface area contributed by atoms with E-state index in [0.717, 1.165) is 38.4 Å². The van der Waals surface area contributed by atoms with Crippen molar-refractivity contribution >= 4 is 22.9 Å². The molecule has 2 aromatic heterocycles. The van der Waals surface area contributed by atoms with E-state index in [1.54, 1.807) is 11.3 Å². The molecule has 0 spiro atoms. The topological polar surface area (TPSA) is 63.7 Å². The van der Waals surface area contributed by atoms with Crippen LogP contribution in [0.5, 0.6) is 5.75 Å². The molecule has 0 saturated heterocycles. The Morgan fingerprint density at radius 2 is 1.74 bits per heavy atom. The summed E-state index contributed by atoms with van der Waals surface area (Å²) in [5, 5.41) is 17.1. The number of benzene rings is 3. The van der Waals surface area contributed by atoms with Crippen LogP contribution in [0.1, 0.15) is 5.56 Å².